The van der Waals surface area contributed by atoms with E-state index in [9.17, 15) is 0 Å². The molecule has 1 heterocycles. The van der Waals surface area contributed by atoms with Gasteiger partial charge in [-0.05, 0) is 24.9 Å². The van der Waals surface area contributed by atoms with Crippen LogP contribution in [0.5, 0.6) is 0 Å². The maximum absolute atomic E-state index is 3.80. The summed E-state index contributed by atoms with van der Waals surface area (Å²) in [6.45, 7) is 10.9. The van der Waals surface area contributed by atoms with Gasteiger partial charge < -0.3 is 4.90 Å². The lowest BCUT2D eigenvalue weighted by Gasteiger charge is -2.34. The minimum absolute atomic E-state index is 1.04. The molecule has 2 nitrogen and oxygen atoms in total. The fraction of sp³-hybridized carbons (Fsp3) is 0.500. The molecule has 1 saturated heterocycles. The highest BCUT2D eigenvalue weighted by Crippen LogP contribution is 2.06. The summed E-state index contributed by atoms with van der Waals surface area (Å²) >= 11 is 0. The predicted octanol–water partition coefficient (Wildman–Crippen LogP) is 2.42. The minimum Gasteiger partial charge on any atom is -0.301 e. The van der Waals surface area contributed by atoms with Gasteiger partial charge in [-0.25, -0.2) is 0 Å². The lowest BCUT2D eigenvalue weighted by atomic mass is 10.1. The van der Waals surface area contributed by atoms with Gasteiger partial charge in [0.2, 0.25) is 0 Å². The van der Waals surface area contributed by atoms with Crippen LogP contribution in [0.2, 0.25) is 0 Å². The zero-order valence-electron chi connectivity index (χ0n) is 11.2. The number of hydrogen-bond donors (Lipinski definition) is 0. The highest BCUT2D eigenvalue weighted by atomic mass is 15.3. The molecule has 1 aliphatic heterocycles. The average Bonchev–Trinajstić information content (AvgIpc) is 2.42. The third-order valence-corrected chi connectivity index (χ3v) is 3.63. The van der Waals surface area contributed by atoms with E-state index < -0.39 is 0 Å². The molecule has 1 aromatic rings. The van der Waals surface area contributed by atoms with Gasteiger partial charge in [0.1, 0.15) is 0 Å². The Morgan fingerprint density at radius 3 is 2.33 bits per heavy atom. The van der Waals surface area contributed by atoms with Crippen LogP contribution in [0.3, 0.4) is 0 Å². The lowest BCUT2D eigenvalue weighted by Crippen LogP contribution is -2.46. The molecule has 0 amide bonds. The van der Waals surface area contributed by atoms with Crippen LogP contribution in [-0.2, 0) is 6.42 Å². The smallest absolute Gasteiger partial charge is 0.0161 e. The molecule has 0 spiro atoms. The lowest BCUT2D eigenvalue weighted by molar-refractivity contribution is 0.141. The number of hydrogen-bond acceptors (Lipinski definition) is 2. The van der Waals surface area contributed by atoms with Gasteiger partial charge in [0.25, 0.3) is 0 Å². The second kappa shape index (κ2) is 7.34. The second-order valence-electron chi connectivity index (χ2n) is 5.02. The number of aryl methyl sites for hydroxylation is 1. The largest absolute Gasteiger partial charge is 0.301 e. The van der Waals surface area contributed by atoms with Crippen molar-refractivity contribution < 1.29 is 0 Å². The van der Waals surface area contributed by atoms with E-state index in [4.69, 9.17) is 0 Å². The fourth-order valence-corrected chi connectivity index (χ4v) is 2.53. The Kier molecular flexibility index (Phi) is 5.43. The number of rotatable bonds is 6. The fourth-order valence-electron chi connectivity index (χ4n) is 2.53. The summed E-state index contributed by atoms with van der Waals surface area (Å²) < 4.78 is 0. The van der Waals surface area contributed by atoms with Crippen LogP contribution in [0.25, 0.3) is 0 Å². The summed E-state index contributed by atoms with van der Waals surface area (Å²) in [6.07, 6.45) is 4.48. The van der Waals surface area contributed by atoms with E-state index in [2.05, 4.69) is 46.7 Å². The zero-order valence-corrected chi connectivity index (χ0v) is 11.2. The SMILES string of the molecule is C=CCN1CCN(CCCc2ccccc2)CC1. The third kappa shape index (κ3) is 4.28. The summed E-state index contributed by atoms with van der Waals surface area (Å²) in [4.78, 5) is 5.06. The van der Waals surface area contributed by atoms with Crippen LogP contribution in [0.15, 0.2) is 43.0 Å². The number of nitrogens with zero attached hydrogens (tertiary/aromatic N) is 2. The van der Waals surface area contributed by atoms with E-state index in [1.165, 1.54) is 51.1 Å². The van der Waals surface area contributed by atoms with E-state index in [0.717, 1.165) is 6.54 Å². The normalized spacial score (nSPS) is 17.8. The zero-order chi connectivity index (χ0) is 12.6. The van der Waals surface area contributed by atoms with Gasteiger partial charge in [0.15, 0.2) is 0 Å². The van der Waals surface area contributed by atoms with E-state index in [1.54, 1.807) is 0 Å². The summed E-state index contributed by atoms with van der Waals surface area (Å²) in [5.41, 5.74) is 1.46. The van der Waals surface area contributed by atoms with Gasteiger partial charge in [-0.15, -0.1) is 6.58 Å². The van der Waals surface area contributed by atoms with Crippen molar-refractivity contribution in [3.63, 3.8) is 0 Å². The van der Waals surface area contributed by atoms with Crippen molar-refractivity contribution in [1.29, 1.82) is 0 Å². The Balaban J connectivity index is 1.62. The molecular weight excluding hydrogens is 220 g/mol. The standard InChI is InChI=1S/C16H24N2/c1-2-10-17-12-14-18(15-13-17)11-6-9-16-7-4-3-5-8-16/h2-5,7-8H,1,6,9-15H2. The van der Waals surface area contributed by atoms with Crippen LogP contribution in [0.4, 0.5) is 0 Å². The summed E-state index contributed by atoms with van der Waals surface area (Å²) in [7, 11) is 0. The second-order valence-corrected chi connectivity index (χ2v) is 5.02. The Morgan fingerprint density at radius 2 is 1.67 bits per heavy atom. The van der Waals surface area contributed by atoms with Crippen LogP contribution >= 0.6 is 0 Å². The predicted molar refractivity (Wildman–Crippen MR) is 77.8 cm³/mol. The van der Waals surface area contributed by atoms with Crippen LogP contribution < -0.4 is 0 Å². The molecule has 1 aliphatic rings. The van der Waals surface area contributed by atoms with Crippen molar-refractivity contribution in [2.45, 2.75) is 12.8 Å². The van der Waals surface area contributed by atoms with Gasteiger partial charge in [0.05, 0.1) is 0 Å². The van der Waals surface area contributed by atoms with Gasteiger partial charge in [-0.2, -0.15) is 0 Å². The number of benzene rings is 1. The topological polar surface area (TPSA) is 6.48 Å². The quantitative estimate of drug-likeness (QED) is 0.709. The van der Waals surface area contributed by atoms with E-state index in [0.29, 0.717) is 0 Å². The van der Waals surface area contributed by atoms with Crippen LogP contribution in [0.1, 0.15) is 12.0 Å². The van der Waals surface area contributed by atoms with Crippen molar-refractivity contribution in [2.75, 3.05) is 39.3 Å². The molecule has 18 heavy (non-hydrogen) atoms. The van der Waals surface area contributed by atoms with Crippen LogP contribution in [0, 0.1) is 0 Å². The molecular formula is C16H24N2. The highest BCUT2D eigenvalue weighted by Gasteiger charge is 2.14. The van der Waals surface area contributed by atoms with Crippen LogP contribution in [-0.4, -0.2) is 49.1 Å². The van der Waals surface area contributed by atoms with Crippen molar-refractivity contribution in [1.82, 2.24) is 9.80 Å². The van der Waals surface area contributed by atoms with Gasteiger partial charge in [-0.1, -0.05) is 36.4 Å². The first-order chi connectivity index (χ1) is 8.88. The first kappa shape index (κ1) is 13.3. The summed E-state index contributed by atoms with van der Waals surface area (Å²) in [5.74, 6) is 0. The molecule has 1 aromatic carbocycles. The molecule has 1 fully saturated rings. The molecule has 0 unspecified atom stereocenters. The van der Waals surface area contributed by atoms with Gasteiger partial charge >= 0.3 is 0 Å². The molecule has 2 rings (SSSR count). The van der Waals surface area contributed by atoms with Gasteiger partial charge in [0, 0.05) is 32.7 Å². The van der Waals surface area contributed by atoms with Crippen molar-refractivity contribution in [2.24, 2.45) is 0 Å². The van der Waals surface area contributed by atoms with E-state index >= 15 is 0 Å². The molecule has 0 aliphatic carbocycles. The maximum atomic E-state index is 3.80. The van der Waals surface area contributed by atoms with Gasteiger partial charge in [-0.3, -0.25) is 4.90 Å². The Morgan fingerprint density at radius 1 is 1.00 bits per heavy atom. The van der Waals surface area contributed by atoms with Crippen molar-refractivity contribution in [3.05, 3.63) is 48.6 Å². The molecule has 0 radical (unpaired) electrons. The highest BCUT2D eigenvalue weighted by molar-refractivity contribution is 5.14. The molecule has 0 saturated carbocycles. The third-order valence-electron chi connectivity index (χ3n) is 3.63. The van der Waals surface area contributed by atoms with E-state index in [-0.39, 0.29) is 0 Å². The first-order valence-corrected chi connectivity index (χ1v) is 6.98. The Labute approximate surface area is 111 Å². The molecule has 98 valence electrons. The molecule has 0 atom stereocenters. The molecule has 0 aromatic heterocycles. The maximum Gasteiger partial charge on any atom is 0.0161 e. The number of piperazine rings is 1. The Bertz CT molecular complexity index is 339. The summed E-state index contributed by atoms with van der Waals surface area (Å²) in [6, 6.07) is 10.8. The van der Waals surface area contributed by atoms with Crippen molar-refractivity contribution in [3.8, 4) is 0 Å². The molecule has 0 bridgehead atoms. The first-order valence-electron chi connectivity index (χ1n) is 6.98. The molecule has 2 heteroatoms. The average molecular weight is 244 g/mol. The van der Waals surface area contributed by atoms with E-state index in [1.807, 2.05) is 6.08 Å². The summed E-state index contributed by atoms with van der Waals surface area (Å²) in [5, 5.41) is 0. The molecule has 0 N–H and O–H groups in total. The Hall–Kier alpha value is -1.12. The van der Waals surface area contributed by atoms with Crippen molar-refractivity contribution >= 4 is 0 Å². The monoisotopic (exact) mass is 244 g/mol. The minimum atomic E-state index is 1.04.